The molecule has 0 bridgehead atoms. The zero-order valence-electron chi connectivity index (χ0n) is 17.4. The first kappa shape index (κ1) is 17.9. The van der Waals surface area contributed by atoms with E-state index in [4.69, 9.17) is 0 Å². The summed E-state index contributed by atoms with van der Waals surface area (Å²) in [6.45, 7) is 11.6. The lowest BCUT2D eigenvalue weighted by Gasteiger charge is -2.22. The Morgan fingerprint density at radius 2 is 1.69 bits per heavy atom. The van der Waals surface area contributed by atoms with Gasteiger partial charge in [-0.25, -0.2) is 15.0 Å². The minimum atomic E-state index is -1.59. The standard InChI is InChI=1S/C23H23N5Si/c1-14-9-16-11-17(12-19(29(3,4)5)18(16)10-15(14)2)20-21-22(26-13-25-20)27-23-24-7-6-8-28(21)23/h6-13H,1-5H3. The average molecular weight is 398 g/mol. The SMILES string of the molecule is Cc1cc2cc(-c3ncnc4nc5ncccn5c34)cc([Si](C)(C)C)c2cc1C. The molecule has 6 heteroatoms. The summed E-state index contributed by atoms with van der Waals surface area (Å²) in [6, 6.07) is 11.1. The third-order valence-corrected chi connectivity index (χ3v) is 7.65. The zero-order chi connectivity index (χ0) is 20.3. The van der Waals surface area contributed by atoms with E-state index in [9.17, 15) is 0 Å². The molecule has 0 atom stereocenters. The number of benzene rings is 2. The summed E-state index contributed by atoms with van der Waals surface area (Å²) in [5, 5.41) is 4.08. The fourth-order valence-electron chi connectivity index (χ4n) is 3.99. The molecule has 0 aliphatic rings. The van der Waals surface area contributed by atoms with Crippen molar-refractivity contribution in [1.29, 1.82) is 0 Å². The van der Waals surface area contributed by atoms with Crippen LogP contribution in [0.25, 0.3) is 39.0 Å². The van der Waals surface area contributed by atoms with Crippen molar-refractivity contribution in [3.05, 3.63) is 60.2 Å². The molecule has 3 heterocycles. The molecule has 0 N–H and O–H groups in total. The highest BCUT2D eigenvalue weighted by molar-refractivity contribution is 6.90. The van der Waals surface area contributed by atoms with E-state index in [1.165, 1.54) is 27.1 Å². The molecule has 5 nitrogen and oxygen atoms in total. The monoisotopic (exact) mass is 397 g/mol. The van der Waals surface area contributed by atoms with E-state index in [-0.39, 0.29) is 0 Å². The first-order chi connectivity index (χ1) is 13.8. The van der Waals surface area contributed by atoms with Crippen LogP contribution in [0.4, 0.5) is 0 Å². The summed E-state index contributed by atoms with van der Waals surface area (Å²) in [5.41, 5.74) is 6.22. The fraction of sp³-hybridized carbons (Fsp3) is 0.217. The minimum absolute atomic E-state index is 0.641. The van der Waals surface area contributed by atoms with E-state index in [1.807, 2.05) is 16.7 Å². The number of aromatic nitrogens is 5. The van der Waals surface area contributed by atoms with Gasteiger partial charge in [-0.05, 0) is 47.9 Å². The highest BCUT2D eigenvalue weighted by Gasteiger charge is 2.22. The molecule has 29 heavy (non-hydrogen) atoms. The van der Waals surface area contributed by atoms with E-state index in [0.717, 1.165) is 16.8 Å². The average Bonchev–Trinajstić information content (AvgIpc) is 3.06. The Morgan fingerprint density at radius 1 is 0.897 bits per heavy atom. The number of hydrogen-bond acceptors (Lipinski definition) is 4. The Bertz CT molecular complexity index is 1410. The lowest BCUT2D eigenvalue weighted by molar-refractivity contribution is 1.13. The first-order valence-corrected chi connectivity index (χ1v) is 13.3. The molecule has 0 saturated carbocycles. The van der Waals surface area contributed by atoms with Crippen LogP contribution in [0.3, 0.4) is 0 Å². The summed E-state index contributed by atoms with van der Waals surface area (Å²) in [7, 11) is -1.59. The van der Waals surface area contributed by atoms with Crippen molar-refractivity contribution >= 4 is 41.0 Å². The van der Waals surface area contributed by atoms with Gasteiger partial charge in [0.05, 0.1) is 8.07 Å². The van der Waals surface area contributed by atoms with Crippen molar-refractivity contribution < 1.29 is 0 Å². The summed E-state index contributed by atoms with van der Waals surface area (Å²) in [6.07, 6.45) is 5.32. The number of nitrogens with zero attached hydrogens (tertiary/aromatic N) is 5. The third-order valence-electron chi connectivity index (χ3n) is 5.62. The van der Waals surface area contributed by atoms with Crippen molar-refractivity contribution in [1.82, 2.24) is 24.3 Å². The molecule has 3 aromatic heterocycles. The molecule has 0 spiro atoms. The first-order valence-electron chi connectivity index (χ1n) is 9.82. The highest BCUT2D eigenvalue weighted by Crippen LogP contribution is 2.30. The Morgan fingerprint density at radius 3 is 2.48 bits per heavy atom. The lowest BCUT2D eigenvalue weighted by atomic mass is 9.99. The van der Waals surface area contributed by atoms with Crippen LogP contribution in [-0.2, 0) is 0 Å². The van der Waals surface area contributed by atoms with Gasteiger partial charge >= 0.3 is 0 Å². The maximum atomic E-state index is 4.69. The fourth-order valence-corrected chi connectivity index (χ4v) is 5.60. The largest absolute Gasteiger partial charge is 0.280 e. The summed E-state index contributed by atoms with van der Waals surface area (Å²) in [5.74, 6) is 0.641. The minimum Gasteiger partial charge on any atom is -0.280 e. The van der Waals surface area contributed by atoms with E-state index in [2.05, 4.69) is 77.7 Å². The summed E-state index contributed by atoms with van der Waals surface area (Å²) >= 11 is 0. The Hall–Kier alpha value is -3.12. The van der Waals surface area contributed by atoms with Crippen molar-refractivity contribution in [2.24, 2.45) is 0 Å². The van der Waals surface area contributed by atoms with Crippen LogP contribution in [0.2, 0.25) is 19.6 Å². The van der Waals surface area contributed by atoms with Crippen LogP contribution in [-0.4, -0.2) is 32.4 Å². The van der Waals surface area contributed by atoms with Gasteiger partial charge in [0.15, 0.2) is 5.65 Å². The number of rotatable bonds is 2. The van der Waals surface area contributed by atoms with Crippen LogP contribution in [0, 0.1) is 13.8 Å². The van der Waals surface area contributed by atoms with E-state index >= 15 is 0 Å². The molecule has 0 fully saturated rings. The Balaban J connectivity index is 1.90. The predicted octanol–water partition coefficient (Wildman–Crippen LogP) is 4.65. The van der Waals surface area contributed by atoms with Gasteiger partial charge in [-0.15, -0.1) is 0 Å². The number of imidazole rings is 1. The van der Waals surface area contributed by atoms with Crippen LogP contribution < -0.4 is 5.19 Å². The van der Waals surface area contributed by atoms with Gasteiger partial charge in [-0.3, -0.25) is 4.40 Å². The maximum Gasteiger partial charge on any atom is 0.236 e. The second-order valence-electron chi connectivity index (χ2n) is 8.73. The van der Waals surface area contributed by atoms with Gasteiger partial charge in [-0.2, -0.15) is 4.98 Å². The van der Waals surface area contributed by atoms with Gasteiger partial charge < -0.3 is 0 Å². The van der Waals surface area contributed by atoms with Gasteiger partial charge in [0, 0.05) is 18.0 Å². The Labute approximate surface area is 170 Å². The summed E-state index contributed by atoms with van der Waals surface area (Å²) in [4.78, 5) is 18.0. The lowest BCUT2D eigenvalue weighted by Crippen LogP contribution is -2.38. The molecular weight excluding hydrogens is 374 g/mol. The molecule has 0 unspecified atom stereocenters. The molecule has 2 aromatic carbocycles. The zero-order valence-corrected chi connectivity index (χ0v) is 18.4. The molecule has 5 rings (SSSR count). The van der Waals surface area contributed by atoms with Gasteiger partial charge in [-0.1, -0.05) is 43.0 Å². The number of hydrogen-bond donors (Lipinski definition) is 0. The van der Waals surface area contributed by atoms with Gasteiger partial charge in [0.2, 0.25) is 5.78 Å². The van der Waals surface area contributed by atoms with Crippen LogP contribution >= 0.6 is 0 Å². The predicted molar refractivity (Wildman–Crippen MR) is 121 cm³/mol. The van der Waals surface area contributed by atoms with Gasteiger partial charge in [0.1, 0.15) is 17.5 Å². The van der Waals surface area contributed by atoms with Crippen LogP contribution in [0.15, 0.2) is 49.1 Å². The van der Waals surface area contributed by atoms with Crippen LogP contribution in [0.5, 0.6) is 0 Å². The molecule has 0 amide bonds. The Kier molecular flexibility index (Phi) is 3.83. The molecule has 0 saturated heterocycles. The molecule has 144 valence electrons. The quantitative estimate of drug-likeness (QED) is 0.407. The van der Waals surface area contributed by atoms with E-state index in [0.29, 0.717) is 11.4 Å². The molecule has 0 aliphatic carbocycles. The van der Waals surface area contributed by atoms with Crippen LogP contribution in [0.1, 0.15) is 11.1 Å². The van der Waals surface area contributed by atoms with Crippen molar-refractivity contribution in [3.63, 3.8) is 0 Å². The maximum absolute atomic E-state index is 4.69. The molecule has 0 radical (unpaired) electrons. The highest BCUT2D eigenvalue weighted by atomic mass is 28.3. The van der Waals surface area contributed by atoms with Crippen molar-refractivity contribution in [2.75, 3.05) is 0 Å². The normalized spacial score (nSPS) is 12.3. The molecular formula is C23H23N5Si. The smallest absolute Gasteiger partial charge is 0.236 e. The van der Waals surface area contributed by atoms with E-state index < -0.39 is 8.07 Å². The van der Waals surface area contributed by atoms with E-state index in [1.54, 1.807) is 12.5 Å². The second kappa shape index (κ2) is 6.19. The number of fused-ring (bicyclic) bond motifs is 4. The topological polar surface area (TPSA) is 56.0 Å². The summed E-state index contributed by atoms with van der Waals surface area (Å²) < 4.78 is 1.98. The number of aryl methyl sites for hydroxylation is 2. The van der Waals surface area contributed by atoms with Crippen molar-refractivity contribution in [3.8, 4) is 11.3 Å². The van der Waals surface area contributed by atoms with Crippen molar-refractivity contribution in [2.45, 2.75) is 33.5 Å². The molecule has 0 aliphatic heterocycles. The molecule has 5 aromatic rings. The van der Waals surface area contributed by atoms with Gasteiger partial charge in [0.25, 0.3) is 0 Å². The third kappa shape index (κ3) is 2.83. The second-order valence-corrected chi connectivity index (χ2v) is 13.8.